The van der Waals surface area contributed by atoms with Crippen molar-refractivity contribution in [3.8, 4) is 0 Å². The molecular formula is C29H51N7O8. The summed E-state index contributed by atoms with van der Waals surface area (Å²) in [4.78, 5) is 89.9. The van der Waals surface area contributed by atoms with Crippen LogP contribution in [0.15, 0.2) is 0 Å². The highest BCUT2D eigenvalue weighted by Crippen LogP contribution is 2.21. The minimum atomic E-state index is -1.19. The Hall–Kier alpha value is -3.75. The molecule has 0 aromatic heterocycles. The van der Waals surface area contributed by atoms with E-state index in [4.69, 9.17) is 16.2 Å². The first-order valence-electron chi connectivity index (χ1n) is 15.4. The fourth-order valence-corrected chi connectivity index (χ4v) is 4.66. The smallest absolute Gasteiger partial charge is 0.407 e. The van der Waals surface area contributed by atoms with Gasteiger partial charge in [0.25, 0.3) is 5.91 Å². The van der Waals surface area contributed by atoms with Crippen molar-refractivity contribution in [2.75, 3.05) is 26.2 Å². The van der Waals surface area contributed by atoms with Gasteiger partial charge >= 0.3 is 6.09 Å². The van der Waals surface area contributed by atoms with E-state index in [0.717, 1.165) is 0 Å². The molecule has 0 radical (unpaired) electrons. The summed E-state index contributed by atoms with van der Waals surface area (Å²) < 4.78 is 5.16. The molecule has 1 fully saturated rings. The van der Waals surface area contributed by atoms with Gasteiger partial charge in [0.2, 0.25) is 29.4 Å². The van der Waals surface area contributed by atoms with Crippen LogP contribution in [0.5, 0.6) is 0 Å². The monoisotopic (exact) mass is 625 g/mol. The maximum atomic E-state index is 13.4. The zero-order chi connectivity index (χ0) is 33.4. The van der Waals surface area contributed by atoms with Crippen LogP contribution in [0.1, 0.15) is 79.6 Å². The topological polar surface area (TPSA) is 232 Å². The second kappa shape index (κ2) is 19.5. The summed E-state index contributed by atoms with van der Waals surface area (Å²) in [7, 11) is 0. The minimum absolute atomic E-state index is 0.115. The van der Waals surface area contributed by atoms with Crippen molar-refractivity contribution in [1.82, 2.24) is 26.2 Å². The van der Waals surface area contributed by atoms with E-state index in [9.17, 15) is 33.6 Å². The summed E-state index contributed by atoms with van der Waals surface area (Å²) in [5, 5.41) is 9.86. The standard InChI is InChI=1S/C29H51N7O8/c1-6-10-19(24(38)27(41)32-15-22(37)33-20(25(31)39)11-7-8-13-30)34-26(40)21-12-9-14-36(21)28(42)23(18(4)5)35-29(43)44-16-17(2)3/h17-21,23H,6-16,30H2,1-5H3,(H2,31,39)(H,32,41)(H,33,37)(H,34,40)(H,35,43)/t19?,20-,21?,23-/m0/s1. The maximum Gasteiger partial charge on any atom is 0.407 e. The number of hydrogen-bond acceptors (Lipinski definition) is 9. The van der Waals surface area contributed by atoms with E-state index >= 15 is 0 Å². The van der Waals surface area contributed by atoms with E-state index in [-0.39, 0.29) is 37.8 Å². The predicted molar refractivity (Wildman–Crippen MR) is 162 cm³/mol. The van der Waals surface area contributed by atoms with E-state index in [1.807, 2.05) is 13.8 Å². The number of carbonyl (C=O) groups excluding carboxylic acids is 7. The third-order valence-corrected chi connectivity index (χ3v) is 7.06. The summed E-state index contributed by atoms with van der Waals surface area (Å²) in [5.74, 6) is -4.70. The molecule has 1 aliphatic rings. The van der Waals surface area contributed by atoms with Crippen LogP contribution in [0, 0.1) is 11.8 Å². The lowest BCUT2D eigenvalue weighted by molar-refractivity contribution is -0.143. The Kier molecular flexibility index (Phi) is 17.0. The quantitative estimate of drug-likeness (QED) is 0.0797. The Morgan fingerprint density at radius 3 is 2.18 bits per heavy atom. The Labute approximate surface area is 259 Å². The molecule has 6 amide bonds. The first-order chi connectivity index (χ1) is 20.7. The van der Waals surface area contributed by atoms with E-state index in [0.29, 0.717) is 38.6 Å². The Morgan fingerprint density at radius 2 is 1.61 bits per heavy atom. The molecule has 2 unspecified atom stereocenters. The van der Waals surface area contributed by atoms with Gasteiger partial charge < -0.3 is 42.4 Å². The Balaban J connectivity index is 2.83. The number of carbonyl (C=O) groups is 7. The van der Waals surface area contributed by atoms with Crippen LogP contribution in [0.2, 0.25) is 0 Å². The molecule has 1 aliphatic heterocycles. The Bertz CT molecular complexity index is 1020. The average molecular weight is 626 g/mol. The first-order valence-corrected chi connectivity index (χ1v) is 15.4. The van der Waals surface area contributed by atoms with E-state index in [2.05, 4.69) is 21.3 Å². The molecule has 0 aromatic rings. The third-order valence-electron chi connectivity index (χ3n) is 7.06. The Morgan fingerprint density at radius 1 is 0.932 bits per heavy atom. The minimum Gasteiger partial charge on any atom is -0.449 e. The molecule has 0 aliphatic carbocycles. The number of primary amides is 1. The van der Waals surface area contributed by atoms with Gasteiger partial charge in [0.15, 0.2) is 0 Å². The summed E-state index contributed by atoms with van der Waals surface area (Å²) in [6.07, 6.45) is 2.25. The van der Waals surface area contributed by atoms with Gasteiger partial charge in [-0.3, -0.25) is 28.8 Å². The number of likely N-dealkylation sites (tertiary alicyclic amines) is 1. The number of nitrogens with one attached hydrogen (secondary N) is 4. The number of alkyl carbamates (subject to hydrolysis) is 1. The summed E-state index contributed by atoms with van der Waals surface area (Å²) in [5.41, 5.74) is 10.8. The number of Topliss-reactive ketones (excluding diaryl/α,β-unsaturated/α-hetero) is 1. The van der Waals surface area contributed by atoms with Crippen molar-refractivity contribution in [2.45, 2.75) is 104 Å². The van der Waals surface area contributed by atoms with Crippen LogP contribution in [0.3, 0.4) is 0 Å². The van der Waals surface area contributed by atoms with Crippen molar-refractivity contribution < 1.29 is 38.3 Å². The molecule has 1 rings (SSSR count). The summed E-state index contributed by atoms with van der Waals surface area (Å²) in [6, 6.07) is -3.96. The van der Waals surface area contributed by atoms with Gasteiger partial charge in [0.1, 0.15) is 18.1 Å². The maximum absolute atomic E-state index is 13.4. The number of unbranched alkanes of at least 4 members (excludes halogenated alkanes) is 1. The molecule has 8 N–H and O–H groups in total. The van der Waals surface area contributed by atoms with Crippen molar-refractivity contribution >= 4 is 41.4 Å². The molecule has 44 heavy (non-hydrogen) atoms. The largest absolute Gasteiger partial charge is 0.449 e. The van der Waals surface area contributed by atoms with Crippen molar-refractivity contribution in [3.63, 3.8) is 0 Å². The fourth-order valence-electron chi connectivity index (χ4n) is 4.66. The zero-order valence-corrected chi connectivity index (χ0v) is 26.6. The van der Waals surface area contributed by atoms with Gasteiger partial charge in [-0.25, -0.2) is 4.79 Å². The molecule has 15 nitrogen and oxygen atoms in total. The van der Waals surface area contributed by atoms with Crippen LogP contribution in [-0.4, -0.2) is 96.7 Å². The van der Waals surface area contributed by atoms with Gasteiger partial charge in [0, 0.05) is 6.54 Å². The van der Waals surface area contributed by atoms with Crippen LogP contribution in [0.25, 0.3) is 0 Å². The molecule has 4 atom stereocenters. The molecular weight excluding hydrogens is 574 g/mol. The zero-order valence-electron chi connectivity index (χ0n) is 26.6. The number of ketones is 1. The number of rotatable bonds is 19. The normalized spacial score (nSPS) is 16.5. The highest BCUT2D eigenvalue weighted by atomic mass is 16.5. The fraction of sp³-hybridized carbons (Fsp3) is 0.759. The van der Waals surface area contributed by atoms with Crippen LogP contribution in [-0.2, 0) is 33.5 Å². The van der Waals surface area contributed by atoms with E-state index in [1.54, 1.807) is 20.8 Å². The molecule has 15 heteroatoms. The molecule has 250 valence electrons. The summed E-state index contributed by atoms with van der Waals surface area (Å²) >= 11 is 0. The lowest BCUT2D eigenvalue weighted by Crippen LogP contribution is -2.57. The highest BCUT2D eigenvalue weighted by molar-refractivity contribution is 6.38. The highest BCUT2D eigenvalue weighted by Gasteiger charge is 2.40. The lowest BCUT2D eigenvalue weighted by atomic mass is 10.0. The number of hydrogen-bond donors (Lipinski definition) is 6. The third kappa shape index (κ3) is 12.9. The van der Waals surface area contributed by atoms with Gasteiger partial charge in [-0.2, -0.15) is 0 Å². The van der Waals surface area contributed by atoms with Crippen molar-refractivity contribution in [2.24, 2.45) is 23.3 Å². The second-order valence-corrected chi connectivity index (χ2v) is 11.8. The molecule has 0 spiro atoms. The molecule has 0 aromatic carbocycles. The molecule has 1 saturated heterocycles. The SMILES string of the molecule is CCCC(NC(=O)C1CCCN1C(=O)[C@@H](NC(=O)OCC(C)C)C(C)C)C(=O)C(=O)NCC(=O)N[C@@H](CCCCN)C(N)=O. The number of ether oxygens (including phenoxy) is 1. The number of amides is 6. The van der Waals surface area contributed by atoms with E-state index < -0.39 is 72.1 Å². The van der Waals surface area contributed by atoms with Crippen molar-refractivity contribution in [1.29, 1.82) is 0 Å². The first kappa shape index (κ1) is 38.3. The van der Waals surface area contributed by atoms with Crippen LogP contribution >= 0.6 is 0 Å². The summed E-state index contributed by atoms with van der Waals surface area (Å²) in [6.45, 7) is 9.39. The van der Waals surface area contributed by atoms with Crippen LogP contribution in [0.4, 0.5) is 4.79 Å². The van der Waals surface area contributed by atoms with Gasteiger partial charge in [-0.05, 0) is 56.9 Å². The van der Waals surface area contributed by atoms with Crippen LogP contribution < -0.4 is 32.7 Å². The van der Waals surface area contributed by atoms with E-state index in [1.165, 1.54) is 4.90 Å². The molecule has 0 bridgehead atoms. The lowest BCUT2D eigenvalue weighted by Gasteiger charge is -2.31. The molecule has 0 saturated carbocycles. The van der Waals surface area contributed by atoms with Gasteiger partial charge in [0.05, 0.1) is 19.2 Å². The average Bonchev–Trinajstić information content (AvgIpc) is 3.46. The number of nitrogens with zero attached hydrogens (tertiary/aromatic N) is 1. The number of nitrogens with two attached hydrogens (primary N) is 2. The second-order valence-electron chi connectivity index (χ2n) is 11.8. The molecule has 1 heterocycles. The predicted octanol–water partition coefficient (Wildman–Crippen LogP) is -0.546. The van der Waals surface area contributed by atoms with Gasteiger partial charge in [-0.15, -0.1) is 0 Å². The van der Waals surface area contributed by atoms with Gasteiger partial charge in [-0.1, -0.05) is 41.0 Å². The van der Waals surface area contributed by atoms with Crippen molar-refractivity contribution in [3.05, 3.63) is 0 Å².